The number of carbonyl (C=O) groups is 2. The molecule has 0 spiro atoms. The van der Waals surface area contributed by atoms with Gasteiger partial charge in [0.25, 0.3) is 5.91 Å². The summed E-state index contributed by atoms with van der Waals surface area (Å²) in [5.41, 5.74) is -0.967. The molecule has 20 heavy (non-hydrogen) atoms. The molecule has 2 N–H and O–H groups in total. The van der Waals surface area contributed by atoms with E-state index in [0.717, 1.165) is 11.3 Å². The van der Waals surface area contributed by atoms with Crippen LogP contribution in [0.1, 0.15) is 29.9 Å². The topological polar surface area (TPSA) is 75.6 Å². The molecule has 0 unspecified atom stereocenters. The molecule has 1 aromatic rings. The Kier molecular flexibility index (Phi) is 5.43. The summed E-state index contributed by atoms with van der Waals surface area (Å²) in [4.78, 5) is 22.7. The van der Waals surface area contributed by atoms with Gasteiger partial charge in [0, 0.05) is 6.54 Å². The highest BCUT2D eigenvalue weighted by molar-refractivity contribution is 7.12. The predicted molar refractivity (Wildman–Crippen MR) is 69.3 cm³/mol. The number of carboxylic acids is 1. The average molecular weight is 307 g/mol. The Morgan fingerprint density at radius 3 is 2.70 bits per heavy atom. The van der Waals surface area contributed by atoms with Gasteiger partial charge in [-0.3, -0.25) is 9.59 Å². The molecule has 0 radical (unpaired) electrons. The van der Waals surface area contributed by atoms with Crippen LogP contribution in [0.2, 0.25) is 0 Å². The molecule has 0 aliphatic heterocycles. The number of hydrogen-bond donors (Lipinski definition) is 2. The summed E-state index contributed by atoms with van der Waals surface area (Å²) in [5, 5.41) is 12.9. The van der Waals surface area contributed by atoms with Crippen LogP contribution in [-0.2, 0) is 4.79 Å². The maximum Gasteiger partial charge on any atom is 0.387 e. The molecular formula is C12H15F2NO4S. The van der Waals surface area contributed by atoms with E-state index < -0.39 is 23.9 Å². The van der Waals surface area contributed by atoms with Gasteiger partial charge in [0.1, 0.15) is 10.6 Å². The minimum atomic E-state index is -3.00. The summed E-state index contributed by atoms with van der Waals surface area (Å²) < 4.78 is 28.5. The van der Waals surface area contributed by atoms with E-state index in [-0.39, 0.29) is 23.6 Å². The van der Waals surface area contributed by atoms with E-state index in [1.807, 2.05) is 0 Å². The molecule has 0 atom stereocenters. The van der Waals surface area contributed by atoms with E-state index in [2.05, 4.69) is 10.1 Å². The number of aliphatic carboxylic acids is 1. The number of thiophene rings is 1. The summed E-state index contributed by atoms with van der Waals surface area (Å²) in [6.07, 6.45) is 0.227. The van der Waals surface area contributed by atoms with E-state index in [0.29, 0.717) is 0 Å². The Hall–Kier alpha value is -1.70. The molecule has 0 saturated carbocycles. The molecule has 1 amide bonds. The highest BCUT2D eigenvalue weighted by Gasteiger charge is 2.27. The lowest BCUT2D eigenvalue weighted by Gasteiger charge is -2.18. The molecule has 0 saturated heterocycles. The number of carbonyl (C=O) groups excluding carboxylic acids is 1. The molecule has 1 rings (SSSR count). The zero-order valence-corrected chi connectivity index (χ0v) is 11.8. The highest BCUT2D eigenvalue weighted by Crippen LogP contribution is 2.26. The summed E-state index contributed by atoms with van der Waals surface area (Å²) in [6.45, 7) is 0.210. The number of amides is 1. The van der Waals surface area contributed by atoms with Gasteiger partial charge in [-0.15, -0.1) is 11.3 Å². The minimum absolute atomic E-state index is 0.0402. The van der Waals surface area contributed by atoms with Gasteiger partial charge in [0.15, 0.2) is 0 Å². The molecular weight excluding hydrogens is 292 g/mol. The first kappa shape index (κ1) is 16.4. The lowest BCUT2D eigenvalue weighted by atomic mass is 9.90. The summed E-state index contributed by atoms with van der Waals surface area (Å²) >= 11 is 0.977. The van der Waals surface area contributed by atoms with Crippen molar-refractivity contribution in [3.63, 3.8) is 0 Å². The Morgan fingerprint density at radius 2 is 2.15 bits per heavy atom. The van der Waals surface area contributed by atoms with E-state index in [1.165, 1.54) is 25.3 Å². The quantitative estimate of drug-likeness (QED) is 0.812. The van der Waals surface area contributed by atoms with Crippen LogP contribution < -0.4 is 10.1 Å². The first-order valence-corrected chi connectivity index (χ1v) is 6.66. The maximum absolute atomic E-state index is 12.1. The molecule has 8 heteroatoms. The number of hydrogen-bond acceptors (Lipinski definition) is 4. The number of alkyl halides is 2. The van der Waals surface area contributed by atoms with Crippen LogP contribution >= 0.6 is 11.3 Å². The van der Waals surface area contributed by atoms with Crippen molar-refractivity contribution in [3.05, 3.63) is 16.3 Å². The van der Waals surface area contributed by atoms with Crippen LogP contribution in [0.25, 0.3) is 0 Å². The third-order valence-electron chi connectivity index (χ3n) is 2.67. The largest absolute Gasteiger partial charge is 0.481 e. The number of nitrogens with one attached hydrogen (secondary N) is 1. The highest BCUT2D eigenvalue weighted by atomic mass is 32.1. The molecule has 0 aromatic carbocycles. The third-order valence-corrected chi connectivity index (χ3v) is 3.56. The van der Waals surface area contributed by atoms with Crippen molar-refractivity contribution in [2.24, 2.45) is 5.41 Å². The smallest absolute Gasteiger partial charge is 0.387 e. The van der Waals surface area contributed by atoms with Crippen molar-refractivity contribution in [2.75, 3.05) is 6.54 Å². The normalized spacial score (nSPS) is 11.4. The van der Waals surface area contributed by atoms with Crippen molar-refractivity contribution in [1.82, 2.24) is 5.32 Å². The SMILES string of the molecule is CC(C)(CCNC(=O)c1sccc1OC(F)F)C(=O)O. The van der Waals surface area contributed by atoms with Gasteiger partial charge in [0.2, 0.25) is 0 Å². The summed E-state index contributed by atoms with van der Waals surface area (Å²) in [6, 6.07) is 1.28. The zero-order chi connectivity index (χ0) is 15.3. The molecule has 5 nitrogen and oxygen atoms in total. The molecule has 0 fully saturated rings. The van der Waals surface area contributed by atoms with Crippen LogP contribution in [0, 0.1) is 5.41 Å². The van der Waals surface area contributed by atoms with E-state index in [9.17, 15) is 18.4 Å². The van der Waals surface area contributed by atoms with Gasteiger partial charge in [-0.1, -0.05) is 0 Å². The van der Waals surface area contributed by atoms with Gasteiger partial charge in [-0.2, -0.15) is 8.78 Å². The number of rotatable bonds is 7. The first-order valence-electron chi connectivity index (χ1n) is 5.78. The predicted octanol–water partition coefficient (Wildman–Crippen LogP) is 2.58. The van der Waals surface area contributed by atoms with Crippen molar-refractivity contribution in [2.45, 2.75) is 26.9 Å². The van der Waals surface area contributed by atoms with E-state index >= 15 is 0 Å². The van der Waals surface area contributed by atoms with Crippen LogP contribution in [-0.4, -0.2) is 30.1 Å². The molecule has 0 aliphatic rings. The molecule has 0 bridgehead atoms. The van der Waals surface area contributed by atoms with Gasteiger partial charge in [-0.05, 0) is 31.7 Å². The number of ether oxygens (including phenoxy) is 1. The van der Waals surface area contributed by atoms with Gasteiger partial charge in [0.05, 0.1) is 5.41 Å². The Morgan fingerprint density at radius 1 is 1.50 bits per heavy atom. The zero-order valence-electron chi connectivity index (χ0n) is 11.0. The fraction of sp³-hybridized carbons (Fsp3) is 0.500. The Balaban J connectivity index is 2.56. The number of carboxylic acid groups (broad SMARTS) is 1. The van der Waals surface area contributed by atoms with Crippen LogP contribution in [0.15, 0.2) is 11.4 Å². The second-order valence-electron chi connectivity index (χ2n) is 4.69. The third kappa shape index (κ3) is 4.44. The summed E-state index contributed by atoms with van der Waals surface area (Å²) in [5.74, 6) is -1.71. The number of halogens is 2. The Bertz CT molecular complexity index is 488. The molecule has 0 aliphatic carbocycles. The van der Waals surface area contributed by atoms with Crippen LogP contribution in [0.4, 0.5) is 8.78 Å². The lowest BCUT2D eigenvalue weighted by molar-refractivity contribution is -0.147. The summed E-state index contributed by atoms with van der Waals surface area (Å²) in [7, 11) is 0. The second-order valence-corrected chi connectivity index (χ2v) is 5.60. The molecule has 1 heterocycles. The van der Waals surface area contributed by atoms with Crippen molar-refractivity contribution < 1.29 is 28.2 Å². The lowest BCUT2D eigenvalue weighted by Crippen LogP contribution is -2.31. The average Bonchev–Trinajstić information content (AvgIpc) is 2.75. The minimum Gasteiger partial charge on any atom is -0.481 e. The first-order chi connectivity index (χ1) is 9.24. The fourth-order valence-corrected chi connectivity index (χ4v) is 2.07. The second kappa shape index (κ2) is 6.65. The van der Waals surface area contributed by atoms with Gasteiger partial charge >= 0.3 is 12.6 Å². The van der Waals surface area contributed by atoms with Crippen molar-refractivity contribution in [3.8, 4) is 5.75 Å². The molecule has 1 aromatic heterocycles. The monoisotopic (exact) mass is 307 g/mol. The van der Waals surface area contributed by atoms with Crippen LogP contribution in [0.3, 0.4) is 0 Å². The molecule has 112 valence electrons. The van der Waals surface area contributed by atoms with Crippen molar-refractivity contribution >= 4 is 23.2 Å². The van der Waals surface area contributed by atoms with Crippen molar-refractivity contribution in [1.29, 1.82) is 0 Å². The maximum atomic E-state index is 12.1. The Labute approximate surface area is 118 Å². The standard InChI is InChI=1S/C12H15F2NO4S/c1-12(2,10(17)18)4-5-15-9(16)8-7(3-6-20-8)19-11(13)14/h3,6,11H,4-5H2,1-2H3,(H,15,16)(H,17,18). The van der Waals surface area contributed by atoms with Gasteiger partial charge < -0.3 is 15.2 Å². The fourth-order valence-electron chi connectivity index (χ4n) is 1.33. The van der Waals surface area contributed by atoms with E-state index in [4.69, 9.17) is 5.11 Å². The van der Waals surface area contributed by atoms with Crippen LogP contribution in [0.5, 0.6) is 5.75 Å². The van der Waals surface area contributed by atoms with E-state index in [1.54, 1.807) is 0 Å². The van der Waals surface area contributed by atoms with Gasteiger partial charge in [-0.25, -0.2) is 0 Å².